The van der Waals surface area contributed by atoms with E-state index < -0.39 is 134 Å². The molecule has 0 radical (unpaired) electrons. The molecule has 0 aromatic carbocycles. The number of aliphatic hydroxyl groups excluding tert-OH is 4. The first-order valence-corrected chi connectivity index (χ1v) is 24.5. The molecule has 0 saturated carbocycles. The number of terminal acetylenes is 1. The van der Waals surface area contributed by atoms with Crippen LogP contribution in [0.4, 0.5) is 0 Å². The summed E-state index contributed by atoms with van der Waals surface area (Å²) in [6, 6.07) is -3.14. The maximum atomic E-state index is 13.4. The maximum absolute atomic E-state index is 13.4. The lowest BCUT2D eigenvalue weighted by molar-refractivity contribution is -0.159. The van der Waals surface area contributed by atoms with Crippen LogP contribution in [0.2, 0.25) is 0 Å². The Kier molecular flexibility index (Phi) is 33.0. The Balaban J connectivity index is 1.94. The van der Waals surface area contributed by atoms with Crippen LogP contribution in [0.25, 0.3) is 0 Å². The van der Waals surface area contributed by atoms with Crippen molar-refractivity contribution in [3.8, 4) is 12.3 Å². The third kappa shape index (κ3) is 27.4. The fraction of sp³-hybridized carbons (Fsp3) is 0.696. The van der Waals surface area contributed by atoms with E-state index in [0.29, 0.717) is 39.3 Å². The number of nitrogens with one attached hydrogen (secondary N) is 7. The van der Waals surface area contributed by atoms with E-state index in [1.54, 1.807) is 0 Å². The highest BCUT2D eigenvalue weighted by Crippen LogP contribution is 2.26. The van der Waals surface area contributed by atoms with Crippen molar-refractivity contribution in [1.29, 1.82) is 10.8 Å². The monoisotopic (exact) mass is 1100 g/mol. The predicted octanol–water partition coefficient (Wildman–Crippen LogP) is -6.26. The fourth-order valence-corrected chi connectivity index (χ4v) is 7.42. The molecule has 2 rings (SSSR count). The number of guanidine groups is 2. The number of aliphatic hydroxyl groups is 4. The predicted molar refractivity (Wildman–Crippen MR) is 266 cm³/mol. The first-order valence-electron chi connectivity index (χ1n) is 24.5. The van der Waals surface area contributed by atoms with E-state index >= 15 is 0 Å². The molecule has 17 N–H and O–H groups in total. The second kappa shape index (κ2) is 38.2. The van der Waals surface area contributed by atoms with Gasteiger partial charge in [0.15, 0.2) is 18.0 Å². The van der Waals surface area contributed by atoms with E-state index in [-0.39, 0.29) is 84.6 Å². The zero-order valence-corrected chi connectivity index (χ0v) is 42.9. The molecule has 2 aliphatic rings. The Labute approximate surface area is 444 Å². The molecule has 31 nitrogen and oxygen atoms in total. The van der Waals surface area contributed by atoms with Crippen LogP contribution >= 0.6 is 0 Å². The third-order valence-corrected chi connectivity index (χ3v) is 10.9. The van der Waals surface area contributed by atoms with Gasteiger partial charge in [-0.25, -0.2) is 9.59 Å². The van der Waals surface area contributed by atoms with Crippen LogP contribution in [0.15, 0.2) is 23.7 Å². The average Bonchev–Trinajstić information content (AvgIpc) is 3.37. The zero-order chi connectivity index (χ0) is 57.1. The minimum atomic E-state index is -1.74. The van der Waals surface area contributed by atoms with Crippen molar-refractivity contribution in [2.24, 2.45) is 11.5 Å². The molecular weight excluding hydrogens is 1030 g/mol. The molecule has 9 atom stereocenters. The Bertz CT molecular complexity index is 1980. The van der Waals surface area contributed by atoms with E-state index in [4.69, 9.17) is 71.3 Å². The van der Waals surface area contributed by atoms with E-state index in [2.05, 4.69) is 32.5 Å². The van der Waals surface area contributed by atoms with Crippen molar-refractivity contribution in [2.45, 2.75) is 87.4 Å². The van der Waals surface area contributed by atoms with E-state index in [0.717, 1.165) is 13.0 Å². The summed E-state index contributed by atoms with van der Waals surface area (Å²) in [6.07, 6.45) is -0.843. The molecule has 0 aliphatic carbocycles. The van der Waals surface area contributed by atoms with E-state index in [9.17, 15) is 59.4 Å². The van der Waals surface area contributed by atoms with Gasteiger partial charge < -0.3 is 116 Å². The molecule has 4 amide bonds. The molecule has 2 heterocycles. The topological polar surface area (TPSA) is 470 Å². The molecule has 0 aromatic rings. The summed E-state index contributed by atoms with van der Waals surface area (Å²) >= 11 is 0. The zero-order valence-electron chi connectivity index (χ0n) is 42.9. The van der Waals surface area contributed by atoms with Crippen LogP contribution in [0.1, 0.15) is 32.6 Å². The van der Waals surface area contributed by atoms with Crippen molar-refractivity contribution >= 4 is 47.5 Å². The van der Waals surface area contributed by atoms with Crippen LogP contribution in [-0.2, 0) is 71.4 Å². The van der Waals surface area contributed by atoms with Gasteiger partial charge in [0.1, 0.15) is 50.3 Å². The lowest BCUT2D eigenvalue weighted by Crippen LogP contribution is -2.64. The number of rotatable bonds is 41. The molecule has 0 unspecified atom stereocenters. The van der Waals surface area contributed by atoms with Gasteiger partial charge in [-0.1, -0.05) is 5.92 Å². The van der Waals surface area contributed by atoms with Crippen molar-refractivity contribution in [1.82, 2.24) is 31.5 Å². The summed E-state index contributed by atoms with van der Waals surface area (Å²) in [5.74, 6) is -5.01. The standard InChI is InChI=1S/C46H76N10O21/c1-3-11-69-15-17-72-19-20-73-18-16-70-12-6-38(64)56(10-14-71-13-8-52-37(63)26-74-40(31(60)24-57)33-21-29(54-45(47)48)22-34(76-33)43(65)66)9-5-4-7-51-36(62)27-75-41(32(61)25-58)42-39(53-28(2)59)30(55-46(49)50)23-35(77-42)44(67)68/h1,22-23,29-33,39-42,57-58,60-61H,4-21,24-27H2,2H3,(H,51,62)(H,52,63)(H,53,59)(H,65,66)(H,67,68)(H4,47,48,54)(H4,49,50,55)/t29-,30+,31-,32-,33-,39-,40-,41-,42-/m1/s1. The molecule has 31 heteroatoms. The largest absolute Gasteiger partial charge is 0.480 e. The normalized spacial score (nSPS) is 19.5. The summed E-state index contributed by atoms with van der Waals surface area (Å²) in [5.41, 5.74) is 10.9. The molecule has 77 heavy (non-hydrogen) atoms. The number of carboxylic acids is 2. The SMILES string of the molecule is C#CCOCCOCCOCCOCCC(=O)N(CCCCNC(=O)CO[C@@H]([C@@H]1OC(C(=O)O)=C[C@H](NC(=N)N)[C@H]1NC(C)=O)[C@H](O)CO)CCOCCNC(=O)CO[C@H]([C@H](O)CO)[C@H]1C[C@@H](NC(=N)N)C=C(C(=O)O)O1. The van der Waals surface area contributed by atoms with E-state index in [1.165, 1.54) is 11.0 Å². The summed E-state index contributed by atoms with van der Waals surface area (Å²) in [5, 5.41) is 87.8. The second-order valence-corrected chi connectivity index (χ2v) is 16.9. The fourth-order valence-electron chi connectivity index (χ4n) is 7.42. The van der Waals surface area contributed by atoms with Crippen molar-refractivity contribution in [3.63, 3.8) is 0 Å². The van der Waals surface area contributed by atoms with Gasteiger partial charge in [0.05, 0.1) is 97.2 Å². The average molecular weight is 1110 g/mol. The summed E-state index contributed by atoms with van der Waals surface area (Å²) in [7, 11) is 0. The van der Waals surface area contributed by atoms with Gasteiger partial charge in [-0.05, 0) is 25.0 Å². The van der Waals surface area contributed by atoms with E-state index in [1.807, 2.05) is 0 Å². The summed E-state index contributed by atoms with van der Waals surface area (Å²) in [6.45, 7) is 0.703. The lowest BCUT2D eigenvalue weighted by atomic mass is 9.91. The molecule has 2 aliphatic heterocycles. The molecule has 436 valence electrons. The Morgan fingerprint density at radius 3 is 1.84 bits per heavy atom. The quantitative estimate of drug-likeness (QED) is 0.0117. The molecule has 0 saturated heterocycles. The Hall–Kier alpha value is -6.44. The minimum Gasteiger partial charge on any atom is -0.480 e. The number of ether oxygens (including phenoxy) is 9. The van der Waals surface area contributed by atoms with Gasteiger partial charge in [-0.15, -0.1) is 6.42 Å². The molecule has 0 fully saturated rings. The second-order valence-electron chi connectivity index (χ2n) is 16.9. The molecular formula is C46H76N10O21. The van der Waals surface area contributed by atoms with Gasteiger partial charge in [-0.2, -0.15) is 0 Å². The maximum Gasteiger partial charge on any atom is 0.370 e. The first-order chi connectivity index (χ1) is 36.8. The summed E-state index contributed by atoms with van der Waals surface area (Å²) in [4.78, 5) is 76.3. The summed E-state index contributed by atoms with van der Waals surface area (Å²) < 4.78 is 49.5. The highest BCUT2D eigenvalue weighted by atomic mass is 16.6. The molecule has 0 spiro atoms. The van der Waals surface area contributed by atoms with Crippen LogP contribution in [-0.4, -0.2) is 256 Å². The van der Waals surface area contributed by atoms with Crippen molar-refractivity contribution in [3.05, 3.63) is 23.7 Å². The van der Waals surface area contributed by atoms with Crippen molar-refractivity contribution in [2.75, 3.05) is 119 Å². The number of aliphatic carboxylic acids is 2. The van der Waals surface area contributed by atoms with Gasteiger partial charge in [0.25, 0.3) is 0 Å². The van der Waals surface area contributed by atoms with Crippen LogP contribution in [0.3, 0.4) is 0 Å². The number of carbonyl (C=O) groups excluding carboxylic acids is 4. The highest BCUT2D eigenvalue weighted by Gasteiger charge is 2.45. The number of hydrogen-bond donors (Lipinski definition) is 15. The van der Waals surface area contributed by atoms with Gasteiger partial charge in [0.2, 0.25) is 35.1 Å². The molecule has 0 aromatic heterocycles. The number of nitrogens with two attached hydrogens (primary N) is 2. The first kappa shape index (κ1) is 66.7. The van der Waals surface area contributed by atoms with Crippen LogP contribution < -0.4 is 38.1 Å². The number of carbonyl (C=O) groups is 6. The van der Waals surface area contributed by atoms with Crippen LogP contribution in [0.5, 0.6) is 0 Å². The Morgan fingerprint density at radius 2 is 1.27 bits per heavy atom. The van der Waals surface area contributed by atoms with Gasteiger partial charge >= 0.3 is 11.9 Å². The minimum absolute atomic E-state index is 0.000571. The van der Waals surface area contributed by atoms with Gasteiger partial charge in [-0.3, -0.25) is 30.0 Å². The lowest BCUT2D eigenvalue weighted by Gasteiger charge is -2.41. The number of unbranched alkanes of at least 4 members (excludes halogenated alkanes) is 1. The molecule has 0 bridgehead atoms. The third-order valence-electron chi connectivity index (χ3n) is 10.9. The van der Waals surface area contributed by atoms with Crippen molar-refractivity contribution < 1.29 is 102 Å². The number of carboxylic acid groups (broad SMARTS) is 2. The van der Waals surface area contributed by atoms with Gasteiger partial charge in [0, 0.05) is 39.5 Å². The van der Waals surface area contributed by atoms with Crippen LogP contribution in [0, 0.1) is 23.2 Å². The Morgan fingerprint density at radius 1 is 0.727 bits per heavy atom. The number of nitrogens with zero attached hydrogens (tertiary/aromatic N) is 1. The highest BCUT2D eigenvalue weighted by molar-refractivity contribution is 5.86. The number of amides is 4. The number of hydrogen-bond acceptors (Lipinski definition) is 21. The smallest absolute Gasteiger partial charge is 0.370 e.